The Balaban J connectivity index is 2.24. The van der Waals surface area contributed by atoms with E-state index >= 15 is 0 Å². The van der Waals surface area contributed by atoms with Crippen molar-refractivity contribution in [1.82, 2.24) is 0 Å². The summed E-state index contributed by atoms with van der Waals surface area (Å²) >= 11 is 0. The standard InChI is InChI=1S/C8H9N3/c1-2-8(6-9-3-1)7-10-4-5-11-8/h1,3-6H,2,7H2. The molecule has 0 aromatic heterocycles. The Hall–Kier alpha value is -1.25. The third-order valence-electron chi connectivity index (χ3n) is 1.85. The number of hydrogen-bond acceptors (Lipinski definition) is 3. The van der Waals surface area contributed by atoms with Crippen LogP contribution in [0.3, 0.4) is 0 Å². The van der Waals surface area contributed by atoms with Gasteiger partial charge in [0.25, 0.3) is 0 Å². The van der Waals surface area contributed by atoms with Crippen LogP contribution in [-0.2, 0) is 0 Å². The molecule has 11 heavy (non-hydrogen) atoms. The van der Waals surface area contributed by atoms with Gasteiger partial charge in [-0.25, -0.2) is 0 Å². The molecule has 1 atom stereocenters. The van der Waals surface area contributed by atoms with Gasteiger partial charge in [-0.05, 0) is 6.42 Å². The van der Waals surface area contributed by atoms with E-state index in [1.165, 1.54) is 0 Å². The number of hydrogen-bond donors (Lipinski definition) is 0. The quantitative estimate of drug-likeness (QED) is 0.487. The molecule has 0 bridgehead atoms. The Morgan fingerprint density at radius 3 is 2.91 bits per heavy atom. The molecule has 2 rings (SSSR count). The van der Waals surface area contributed by atoms with Crippen molar-refractivity contribution in [2.75, 3.05) is 6.54 Å². The Morgan fingerprint density at radius 2 is 2.27 bits per heavy atom. The largest absolute Gasteiger partial charge is 0.289 e. The maximum absolute atomic E-state index is 4.35. The van der Waals surface area contributed by atoms with E-state index in [1.807, 2.05) is 12.3 Å². The molecule has 0 saturated carbocycles. The van der Waals surface area contributed by atoms with Crippen LogP contribution in [0.25, 0.3) is 0 Å². The van der Waals surface area contributed by atoms with Gasteiger partial charge in [0.1, 0.15) is 5.54 Å². The Morgan fingerprint density at radius 1 is 1.27 bits per heavy atom. The van der Waals surface area contributed by atoms with Gasteiger partial charge in [-0.1, -0.05) is 6.08 Å². The third kappa shape index (κ3) is 1.13. The van der Waals surface area contributed by atoms with Gasteiger partial charge < -0.3 is 0 Å². The summed E-state index contributed by atoms with van der Waals surface area (Å²) in [6, 6.07) is 0. The van der Waals surface area contributed by atoms with Crippen LogP contribution in [0, 0.1) is 0 Å². The minimum Gasteiger partial charge on any atom is -0.289 e. The summed E-state index contributed by atoms with van der Waals surface area (Å²) in [5.41, 5.74) is -0.149. The zero-order valence-electron chi connectivity index (χ0n) is 6.14. The summed E-state index contributed by atoms with van der Waals surface area (Å²) in [5.74, 6) is 0. The molecule has 2 aliphatic rings. The zero-order valence-corrected chi connectivity index (χ0v) is 6.14. The first kappa shape index (κ1) is 6.46. The Kier molecular flexibility index (Phi) is 1.42. The molecule has 0 aromatic rings. The molecule has 2 aliphatic heterocycles. The van der Waals surface area contributed by atoms with Crippen LogP contribution >= 0.6 is 0 Å². The average molecular weight is 147 g/mol. The van der Waals surface area contributed by atoms with Gasteiger partial charge in [-0.2, -0.15) is 0 Å². The molecule has 3 nitrogen and oxygen atoms in total. The van der Waals surface area contributed by atoms with Crippen LogP contribution in [0.4, 0.5) is 0 Å². The second kappa shape index (κ2) is 2.42. The van der Waals surface area contributed by atoms with Crippen LogP contribution < -0.4 is 0 Å². The van der Waals surface area contributed by atoms with Gasteiger partial charge in [0.05, 0.1) is 6.54 Å². The maximum atomic E-state index is 4.35. The van der Waals surface area contributed by atoms with Crippen molar-refractivity contribution in [3.8, 4) is 0 Å². The van der Waals surface area contributed by atoms with Crippen LogP contribution in [-0.4, -0.2) is 30.7 Å². The van der Waals surface area contributed by atoms with Crippen molar-refractivity contribution in [3.05, 3.63) is 12.3 Å². The number of aliphatic imine (C=N–C) groups is 3. The highest BCUT2D eigenvalue weighted by atomic mass is 15.0. The first-order valence-electron chi connectivity index (χ1n) is 3.64. The van der Waals surface area contributed by atoms with Crippen LogP contribution in [0.5, 0.6) is 0 Å². The molecular formula is C8H9N3. The molecule has 0 amide bonds. The molecule has 0 radical (unpaired) electrons. The molecule has 0 aliphatic carbocycles. The fourth-order valence-corrected chi connectivity index (χ4v) is 1.22. The molecule has 1 spiro atoms. The Labute approximate surface area is 65.3 Å². The van der Waals surface area contributed by atoms with Crippen LogP contribution in [0.15, 0.2) is 27.3 Å². The highest BCUT2D eigenvalue weighted by Gasteiger charge is 2.27. The molecule has 3 heteroatoms. The lowest BCUT2D eigenvalue weighted by Crippen LogP contribution is -2.34. The van der Waals surface area contributed by atoms with E-state index in [2.05, 4.69) is 15.0 Å². The van der Waals surface area contributed by atoms with Crippen molar-refractivity contribution >= 4 is 18.6 Å². The van der Waals surface area contributed by atoms with E-state index in [1.54, 1.807) is 18.6 Å². The molecule has 56 valence electrons. The van der Waals surface area contributed by atoms with Gasteiger partial charge in [-0.15, -0.1) is 0 Å². The predicted molar refractivity (Wildman–Crippen MR) is 46.8 cm³/mol. The minimum absolute atomic E-state index is 0.149. The van der Waals surface area contributed by atoms with E-state index in [4.69, 9.17) is 0 Å². The summed E-state index contributed by atoms with van der Waals surface area (Å²) in [4.78, 5) is 12.6. The summed E-state index contributed by atoms with van der Waals surface area (Å²) in [6.07, 6.45) is 10.1. The SMILES string of the molecule is C1=CN=CC2(C1)CN=CC=N2. The summed E-state index contributed by atoms with van der Waals surface area (Å²) in [6.45, 7) is 0.733. The second-order valence-corrected chi connectivity index (χ2v) is 2.74. The van der Waals surface area contributed by atoms with E-state index < -0.39 is 0 Å². The lowest BCUT2D eigenvalue weighted by molar-refractivity contribution is 0.595. The van der Waals surface area contributed by atoms with Crippen molar-refractivity contribution in [2.45, 2.75) is 12.0 Å². The molecule has 0 saturated heterocycles. The van der Waals surface area contributed by atoms with Crippen LogP contribution in [0.2, 0.25) is 0 Å². The first-order valence-corrected chi connectivity index (χ1v) is 3.64. The van der Waals surface area contributed by atoms with Gasteiger partial charge in [0.15, 0.2) is 0 Å². The molecule has 0 aromatic carbocycles. The zero-order chi connectivity index (χ0) is 7.57. The maximum Gasteiger partial charge on any atom is 0.119 e. The van der Waals surface area contributed by atoms with Gasteiger partial charge in [0, 0.05) is 24.8 Å². The molecule has 2 heterocycles. The molecular weight excluding hydrogens is 138 g/mol. The normalized spacial score (nSPS) is 33.5. The first-order chi connectivity index (χ1) is 5.41. The van der Waals surface area contributed by atoms with E-state index in [0.29, 0.717) is 0 Å². The fraction of sp³-hybridized carbons (Fsp3) is 0.375. The van der Waals surface area contributed by atoms with Crippen LogP contribution in [0.1, 0.15) is 6.42 Å². The van der Waals surface area contributed by atoms with Gasteiger partial charge in [-0.3, -0.25) is 15.0 Å². The molecule has 0 N–H and O–H groups in total. The number of rotatable bonds is 0. The summed E-state index contributed by atoms with van der Waals surface area (Å²) < 4.78 is 0. The highest BCUT2D eigenvalue weighted by molar-refractivity contribution is 6.17. The van der Waals surface area contributed by atoms with E-state index in [0.717, 1.165) is 13.0 Å². The van der Waals surface area contributed by atoms with Crippen molar-refractivity contribution in [1.29, 1.82) is 0 Å². The summed E-state index contributed by atoms with van der Waals surface area (Å²) in [7, 11) is 0. The predicted octanol–water partition coefficient (Wildman–Crippen LogP) is 0.869. The van der Waals surface area contributed by atoms with Crippen molar-refractivity contribution in [2.24, 2.45) is 15.0 Å². The van der Waals surface area contributed by atoms with Gasteiger partial charge >= 0.3 is 0 Å². The second-order valence-electron chi connectivity index (χ2n) is 2.74. The topological polar surface area (TPSA) is 37.1 Å². The molecule has 0 fully saturated rings. The highest BCUT2D eigenvalue weighted by Crippen LogP contribution is 2.19. The lowest BCUT2D eigenvalue weighted by atomic mass is 9.95. The minimum atomic E-state index is -0.149. The van der Waals surface area contributed by atoms with E-state index in [9.17, 15) is 0 Å². The number of nitrogens with zero attached hydrogens (tertiary/aromatic N) is 3. The monoisotopic (exact) mass is 147 g/mol. The van der Waals surface area contributed by atoms with Crippen molar-refractivity contribution in [3.63, 3.8) is 0 Å². The smallest absolute Gasteiger partial charge is 0.119 e. The molecule has 1 unspecified atom stereocenters. The summed E-state index contributed by atoms with van der Waals surface area (Å²) in [5, 5.41) is 0. The average Bonchev–Trinajstić information content (AvgIpc) is 2.07. The van der Waals surface area contributed by atoms with E-state index in [-0.39, 0.29) is 5.54 Å². The Bertz CT molecular complexity index is 233. The lowest BCUT2D eigenvalue weighted by Gasteiger charge is -2.24. The third-order valence-corrected chi connectivity index (χ3v) is 1.85. The van der Waals surface area contributed by atoms with Gasteiger partial charge in [0.2, 0.25) is 0 Å². The fourth-order valence-electron chi connectivity index (χ4n) is 1.22. The van der Waals surface area contributed by atoms with Crippen molar-refractivity contribution < 1.29 is 0 Å².